The zero-order valence-electron chi connectivity index (χ0n) is 11.7. The smallest absolute Gasteiger partial charge is 0.232 e. The Hall–Kier alpha value is -1.81. The second-order valence-corrected chi connectivity index (χ2v) is 6.09. The van der Waals surface area contributed by atoms with Crippen LogP contribution in [0.2, 0.25) is 0 Å². The lowest BCUT2D eigenvalue weighted by Crippen LogP contribution is -2.26. The van der Waals surface area contributed by atoms with E-state index in [0.717, 1.165) is 27.0 Å². The average molecular weight is 346 g/mol. The Labute approximate surface area is 132 Å². The molecule has 1 unspecified atom stereocenters. The summed E-state index contributed by atoms with van der Waals surface area (Å²) in [7, 11) is 0. The second kappa shape index (κ2) is 5.90. The number of anilines is 1. The molecule has 0 saturated carbocycles. The van der Waals surface area contributed by atoms with Crippen molar-refractivity contribution < 1.29 is 9.53 Å². The van der Waals surface area contributed by atoms with Gasteiger partial charge >= 0.3 is 0 Å². The van der Waals surface area contributed by atoms with E-state index in [-0.39, 0.29) is 11.8 Å². The van der Waals surface area contributed by atoms with E-state index in [9.17, 15) is 4.79 Å². The first-order chi connectivity index (χ1) is 10.1. The first-order valence-corrected chi connectivity index (χ1v) is 7.73. The summed E-state index contributed by atoms with van der Waals surface area (Å²) in [5.41, 5.74) is 2.86. The first kappa shape index (κ1) is 14.1. The Balaban J connectivity index is 1.83. The summed E-state index contributed by atoms with van der Waals surface area (Å²) < 4.78 is 6.62. The predicted molar refractivity (Wildman–Crippen MR) is 86.8 cm³/mol. The van der Waals surface area contributed by atoms with Gasteiger partial charge in [0, 0.05) is 15.7 Å². The van der Waals surface area contributed by atoms with Gasteiger partial charge in [-0.2, -0.15) is 0 Å². The van der Waals surface area contributed by atoms with Crippen molar-refractivity contribution >= 4 is 27.5 Å². The molecule has 0 bridgehead atoms. The minimum atomic E-state index is -0.155. The topological polar surface area (TPSA) is 38.3 Å². The van der Waals surface area contributed by atoms with Crippen LogP contribution >= 0.6 is 15.9 Å². The van der Waals surface area contributed by atoms with Gasteiger partial charge in [0.25, 0.3) is 0 Å². The lowest BCUT2D eigenvalue weighted by atomic mass is 9.92. The summed E-state index contributed by atoms with van der Waals surface area (Å²) in [6.45, 7) is 2.56. The first-order valence-electron chi connectivity index (χ1n) is 6.94. The van der Waals surface area contributed by atoms with Crippen LogP contribution in [-0.2, 0) is 4.79 Å². The molecule has 0 spiro atoms. The largest absolute Gasteiger partial charge is 0.493 e. The van der Waals surface area contributed by atoms with Crippen LogP contribution in [-0.4, -0.2) is 12.5 Å². The number of ether oxygens (including phenoxy) is 1. The number of halogens is 1. The number of fused-ring (bicyclic) bond motifs is 1. The fourth-order valence-electron chi connectivity index (χ4n) is 2.60. The Morgan fingerprint density at radius 1 is 1.29 bits per heavy atom. The quantitative estimate of drug-likeness (QED) is 0.882. The van der Waals surface area contributed by atoms with E-state index >= 15 is 0 Å². The fraction of sp³-hybridized carbons (Fsp3) is 0.235. The van der Waals surface area contributed by atoms with Crippen molar-refractivity contribution in [1.82, 2.24) is 0 Å². The highest BCUT2D eigenvalue weighted by molar-refractivity contribution is 9.10. The monoisotopic (exact) mass is 345 g/mol. The number of hydrogen-bond acceptors (Lipinski definition) is 2. The van der Waals surface area contributed by atoms with Crippen LogP contribution in [0.15, 0.2) is 46.9 Å². The summed E-state index contributed by atoms with van der Waals surface area (Å²) in [6, 6.07) is 13.6. The third-order valence-corrected chi connectivity index (χ3v) is 4.21. The highest BCUT2D eigenvalue weighted by atomic mass is 79.9. The van der Waals surface area contributed by atoms with E-state index in [0.29, 0.717) is 13.0 Å². The van der Waals surface area contributed by atoms with Gasteiger partial charge in [-0.05, 0) is 43.2 Å². The third-order valence-electron chi connectivity index (χ3n) is 3.72. The summed E-state index contributed by atoms with van der Waals surface area (Å²) in [6.07, 6.45) is 0.707. The molecule has 2 aromatic carbocycles. The predicted octanol–water partition coefficient (Wildman–Crippen LogP) is 4.26. The van der Waals surface area contributed by atoms with Gasteiger partial charge in [-0.1, -0.05) is 34.1 Å². The lowest BCUT2D eigenvalue weighted by molar-refractivity contribution is -0.118. The number of benzene rings is 2. The van der Waals surface area contributed by atoms with Crippen LogP contribution in [0.4, 0.5) is 5.69 Å². The van der Waals surface area contributed by atoms with Crippen molar-refractivity contribution in [3.8, 4) is 5.75 Å². The molecule has 0 radical (unpaired) electrons. The van der Waals surface area contributed by atoms with Gasteiger partial charge in [-0.25, -0.2) is 0 Å². The van der Waals surface area contributed by atoms with Crippen LogP contribution in [0.25, 0.3) is 0 Å². The van der Waals surface area contributed by atoms with Gasteiger partial charge in [0.2, 0.25) is 5.91 Å². The van der Waals surface area contributed by atoms with Crippen LogP contribution in [0.3, 0.4) is 0 Å². The number of hydrogen-bond donors (Lipinski definition) is 1. The maximum atomic E-state index is 12.6. The van der Waals surface area contributed by atoms with Crippen molar-refractivity contribution in [2.45, 2.75) is 19.3 Å². The molecule has 2 aromatic rings. The van der Waals surface area contributed by atoms with Gasteiger partial charge in [0.15, 0.2) is 0 Å². The molecule has 0 saturated heterocycles. The molecule has 1 heterocycles. The van der Waals surface area contributed by atoms with Crippen molar-refractivity contribution in [2.75, 3.05) is 11.9 Å². The second-order valence-electron chi connectivity index (χ2n) is 5.18. The normalized spacial score (nSPS) is 16.8. The Bertz CT molecular complexity index is 684. The van der Waals surface area contributed by atoms with Crippen molar-refractivity contribution in [1.29, 1.82) is 0 Å². The zero-order chi connectivity index (χ0) is 14.8. The van der Waals surface area contributed by atoms with E-state index in [2.05, 4.69) is 21.2 Å². The summed E-state index contributed by atoms with van der Waals surface area (Å²) in [5.74, 6) is 0.686. The van der Waals surface area contributed by atoms with Gasteiger partial charge < -0.3 is 10.1 Å². The number of carbonyl (C=O) groups is 1. The minimum absolute atomic E-state index is 0.0242. The van der Waals surface area contributed by atoms with Gasteiger partial charge in [0.1, 0.15) is 5.75 Å². The van der Waals surface area contributed by atoms with E-state index in [1.165, 1.54) is 0 Å². The van der Waals surface area contributed by atoms with Crippen molar-refractivity contribution in [3.05, 3.63) is 58.1 Å². The molecule has 3 nitrogen and oxygen atoms in total. The molecule has 1 aliphatic heterocycles. The molecule has 3 rings (SSSR count). The highest BCUT2D eigenvalue weighted by Crippen LogP contribution is 2.34. The summed E-state index contributed by atoms with van der Waals surface area (Å²) >= 11 is 3.43. The Morgan fingerprint density at radius 2 is 2.10 bits per heavy atom. The minimum Gasteiger partial charge on any atom is -0.493 e. The number of para-hydroxylation sites is 1. The maximum Gasteiger partial charge on any atom is 0.232 e. The molecular formula is C17H16BrNO2. The van der Waals surface area contributed by atoms with E-state index < -0.39 is 0 Å². The molecule has 1 amide bonds. The van der Waals surface area contributed by atoms with Gasteiger partial charge in [-0.15, -0.1) is 0 Å². The maximum absolute atomic E-state index is 12.6. The number of nitrogens with one attached hydrogen (secondary N) is 1. The Kier molecular flexibility index (Phi) is 3.97. The van der Waals surface area contributed by atoms with Crippen molar-refractivity contribution in [3.63, 3.8) is 0 Å². The molecular weight excluding hydrogens is 330 g/mol. The molecule has 108 valence electrons. The Morgan fingerprint density at radius 3 is 2.90 bits per heavy atom. The average Bonchev–Trinajstić information content (AvgIpc) is 2.49. The molecule has 21 heavy (non-hydrogen) atoms. The molecule has 0 aliphatic carbocycles. The molecule has 4 heteroatoms. The molecule has 1 aliphatic rings. The number of amides is 1. The third kappa shape index (κ3) is 2.95. The number of rotatable bonds is 2. The van der Waals surface area contributed by atoms with E-state index in [4.69, 9.17) is 4.74 Å². The lowest BCUT2D eigenvalue weighted by Gasteiger charge is -2.25. The molecule has 0 aromatic heterocycles. The zero-order valence-corrected chi connectivity index (χ0v) is 13.3. The standard InChI is InChI=1S/C17H16BrNO2/c1-11-10-12(18)6-7-15(11)19-17(20)14-8-9-21-16-5-3-2-4-13(14)16/h2-7,10,14H,8-9H2,1H3,(H,19,20). The summed E-state index contributed by atoms with van der Waals surface area (Å²) in [5, 5.41) is 3.03. The van der Waals surface area contributed by atoms with Crippen LogP contribution in [0, 0.1) is 6.92 Å². The van der Waals surface area contributed by atoms with E-state index in [1.54, 1.807) is 0 Å². The summed E-state index contributed by atoms with van der Waals surface area (Å²) in [4.78, 5) is 12.6. The van der Waals surface area contributed by atoms with Crippen LogP contribution in [0.1, 0.15) is 23.5 Å². The van der Waals surface area contributed by atoms with Gasteiger partial charge in [0.05, 0.1) is 12.5 Å². The fourth-order valence-corrected chi connectivity index (χ4v) is 3.08. The van der Waals surface area contributed by atoms with Gasteiger partial charge in [-0.3, -0.25) is 4.79 Å². The molecule has 0 fully saturated rings. The van der Waals surface area contributed by atoms with Crippen LogP contribution < -0.4 is 10.1 Å². The molecule has 1 atom stereocenters. The number of carbonyl (C=O) groups excluding carboxylic acids is 1. The van der Waals surface area contributed by atoms with Crippen molar-refractivity contribution in [2.24, 2.45) is 0 Å². The van der Waals surface area contributed by atoms with Crippen LogP contribution in [0.5, 0.6) is 5.75 Å². The molecule has 1 N–H and O–H groups in total. The highest BCUT2D eigenvalue weighted by Gasteiger charge is 2.27. The SMILES string of the molecule is Cc1cc(Br)ccc1NC(=O)C1CCOc2ccccc21. The number of aryl methyl sites for hydroxylation is 1. The van der Waals surface area contributed by atoms with E-state index in [1.807, 2.05) is 49.4 Å².